The van der Waals surface area contributed by atoms with Crippen LogP contribution in [0.25, 0.3) is 6.08 Å². The van der Waals surface area contributed by atoms with Crippen molar-refractivity contribution in [1.29, 1.82) is 0 Å². The Bertz CT molecular complexity index is 1020. The second-order valence-electron chi connectivity index (χ2n) is 5.96. The van der Waals surface area contributed by atoms with Gasteiger partial charge in [-0.05, 0) is 30.7 Å². The Morgan fingerprint density at radius 1 is 1.11 bits per heavy atom. The highest BCUT2D eigenvalue weighted by atomic mass is 32.2. The highest BCUT2D eigenvalue weighted by Crippen LogP contribution is 2.42. The summed E-state index contributed by atoms with van der Waals surface area (Å²) in [6, 6.07) is 10.9. The number of carbonyl (C=O) groups is 1. The van der Waals surface area contributed by atoms with Crippen LogP contribution in [-0.2, 0) is 14.8 Å². The van der Waals surface area contributed by atoms with Crippen molar-refractivity contribution in [2.24, 2.45) is 0 Å². The number of sulfonamides is 1. The molecule has 0 saturated carbocycles. The molecule has 2 aromatic rings. The maximum absolute atomic E-state index is 13.0. The van der Waals surface area contributed by atoms with E-state index in [4.69, 9.17) is 0 Å². The lowest BCUT2D eigenvalue weighted by Crippen LogP contribution is -2.31. The Morgan fingerprint density at radius 2 is 1.79 bits per heavy atom. The van der Waals surface area contributed by atoms with Crippen LogP contribution in [-0.4, -0.2) is 27.2 Å². The predicted octanol–water partition coefficient (Wildman–Crippen LogP) is 2.85. The summed E-state index contributed by atoms with van der Waals surface area (Å²) in [6.07, 6.45) is -2.36. The number of halogens is 2. The zero-order valence-corrected chi connectivity index (χ0v) is 15.4. The van der Waals surface area contributed by atoms with Crippen LogP contribution in [0.4, 0.5) is 14.5 Å². The van der Waals surface area contributed by atoms with Crippen molar-refractivity contribution < 1.29 is 31.5 Å². The zero-order valence-electron chi connectivity index (χ0n) is 14.6. The number of alkyl halides is 2. The molecule has 1 aliphatic heterocycles. The average molecular weight is 410 g/mol. The molecule has 0 unspecified atom stereocenters. The summed E-state index contributed by atoms with van der Waals surface area (Å²) >= 11 is 0. The number of anilines is 1. The molecule has 1 aliphatic rings. The van der Waals surface area contributed by atoms with Gasteiger partial charge in [0.1, 0.15) is 0 Å². The van der Waals surface area contributed by atoms with Gasteiger partial charge < -0.3 is 14.8 Å². The Kier molecular flexibility index (Phi) is 5.34. The standard InChI is InChI=1S/C18H16F2N2O5S/c1-12-2-4-13(5-3-12)8-9-28(24,25)21-11-17(23)22-14-6-7-15-16(10-14)27-18(19,20)26-15/h2-10,21H,11H2,1H3,(H,22,23)/b9-8+. The second kappa shape index (κ2) is 7.56. The minimum Gasteiger partial charge on any atom is -0.395 e. The summed E-state index contributed by atoms with van der Waals surface area (Å²) < 4.78 is 60.5. The maximum atomic E-state index is 13.0. The van der Waals surface area contributed by atoms with Gasteiger partial charge in [-0.3, -0.25) is 4.79 Å². The molecular formula is C18H16F2N2O5S. The van der Waals surface area contributed by atoms with Gasteiger partial charge in [0, 0.05) is 17.2 Å². The van der Waals surface area contributed by atoms with Crippen molar-refractivity contribution in [2.75, 3.05) is 11.9 Å². The molecule has 0 saturated heterocycles. The van der Waals surface area contributed by atoms with E-state index in [0.717, 1.165) is 17.0 Å². The van der Waals surface area contributed by atoms with Gasteiger partial charge in [0.25, 0.3) is 0 Å². The van der Waals surface area contributed by atoms with Crippen molar-refractivity contribution in [3.05, 3.63) is 59.0 Å². The van der Waals surface area contributed by atoms with Gasteiger partial charge >= 0.3 is 6.29 Å². The Morgan fingerprint density at radius 3 is 2.50 bits per heavy atom. The number of hydrogen-bond acceptors (Lipinski definition) is 5. The number of carbonyl (C=O) groups excluding carboxylic acids is 1. The minimum absolute atomic E-state index is 0.152. The Balaban J connectivity index is 1.55. The number of rotatable bonds is 6. The summed E-state index contributed by atoms with van der Waals surface area (Å²) in [5.41, 5.74) is 1.89. The van der Waals surface area contributed by atoms with Gasteiger partial charge in [0.2, 0.25) is 15.9 Å². The molecule has 2 aromatic carbocycles. The molecule has 0 bridgehead atoms. The molecular weight excluding hydrogens is 394 g/mol. The van der Waals surface area contributed by atoms with E-state index in [1.54, 1.807) is 12.1 Å². The van der Waals surface area contributed by atoms with Gasteiger partial charge in [-0.1, -0.05) is 29.8 Å². The van der Waals surface area contributed by atoms with E-state index >= 15 is 0 Å². The first-order valence-electron chi connectivity index (χ1n) is 8.06. The van der Waals surface area contributed by atoms with Crippen LogP contribution in [0.5, 0.6) is 11.5 Å². The fraction of sp³-hybridized carbons (Fsp3) is 0.167. The number of aryl methyl sites for hydroxylation is 1. The number of hydrogen-bond donors (Lipinski definition) is 2. The number of fused-ring (bicyclic) bond motifs is 1. The maximum Gasteiger partial charge on any atom is 0.586 e. The monoisotopic (exact) mass is 410 g/mol. The van der Waals surface area contributed by atoms with Gasteiger partial charge in [0.15, 0.2) is 11.5 Å². The normalized spacial score (nSPS) is 15.0. The molecule has 148 valence electrons. The van der Waals surface area contributed by atoms with Crippen molar-refractivity contribution in [3.63, 3.8) is 0 Å². The molecule has 10 heteroatoms. The van der Waals surface area contributed by atoms with Crippen LogP contribution in [0.15, 0.2) is 47.9 Å². The van der Waals surface area contributed by atoms with E-state index in [0.29, 0.717) is 5.56 Å². The molecule has 1 amide bonds. The molecule has 28 heavy (non-hydrogen) atoms. The molecule has 2 N–H and O–H groups in total. The van der Waals surface area contributed by atoms with Crippen LogP contribution in [0.1, 0.15) is 11.1 Å². The number of amides is 1. The summed E-state index contributed by atoms with van der Waals surface area (Å²) in [6.45, 7) is 1.38. The second-order valence-corrected chi connectivity index (χ2v) is 7.61. The highest BCUT2D eigenvalue weighted by Gasteiger charge is 2.43. The fourth-order valence-electron chi connectivity index (χ4n) is 2.29. The van der Waals surface area contributed by atoms with Crippen molar-refractivity contribution in [3.8, 4) is 11.5 Å². The van der Waals surface area contributed by atoms with Crippen LogP contribution in [0, 0.1) is 6.92 Å². The molecule has 0 radical (unpaired) electrons. The number of ether oxygens (including phenoxy) is 2. The fourth-order valence-corrected chi connectivity index (χ4v) is 3.06. The average Bonchev–Trinajstić information content (AvgIpc) is 2.93. The van der Waals surface area contributed by atoms with Gasteiger partial charge in [0.05, 0.1) is 6.54 Å². The first-order chi connectivity index (χ1) is 13.1. The van der Waals surface area contributed by atoms with Crippen molar-refractivity contribution in [2.45, 2.75) is 13.2 Å². The van der Waals surface area contributed by atoms with Crippen LogP contribution in [0.3, 0.4) is 0 Å². The number of benzene rings is 2. The molecule has 0 aliphatic carbocycles. The first-order valence-corrected chi connectivity index (χ1v) is 9.61. The summed E-state index contributed by atoms with van der Waals surface area (Å²) in [5, 5.41) is 3.33. The minimum atomic E-state index is -3.84. The van der Waals surface area contributed by atoms with E-state index in [9.17, 15) is 22.0 Å². The van der Waals surface area contributed by atoms with Crippen molar-refractivity contribution >= 4 is 27.7 Å². The quantitative estimate of drug-likeness (QED) is 0.764. The lowest BCUT2D eigenvalue weighted by molar-refractivity contribution is -0.286. The van der Waals surface area contributed by atoms with Crippen LogP contribution >= 0.6 is 0 Å². The molecule has 0 spiro atoms. The van der Waals surface area contributed by atoms with Gasteiger partial charge in [-0.25, -0.2) is 13.1 Å². The lowest BCUT2D eigenvalue weighted by atomic mass is 10.2. The van der Waals surface area contributed by atoms with Gasteiger partial charge in [-0.2, -0.15) is 0 Å². The summed E-state index contributed by atoms with van der Waals surface area (Å²) in [5.74, 6) is -1.08. The van der Waals surface area contributed by atoms with E-state index in [1.165, 1.54) is 18.2 Å². The van der Waals surface area contributed by atoms with E-state index in [1.807, 2.05) is 19.1 Å². The van der Waals surface area contributed by atoms with Crippen LogP contribution in [0.2, 0.25) is 0 Å². The smallest absolute Gasteiger partial charge is 0.395 e. The lowest BCUT2D eigenvalue weighted by Gasteiger charge is -2.06. The predicted molar refractivity (Wildman–Crippen MR) is 98.4 cm³/mol. The number of nitrogens with one attached hydrogen (secondary N) is 2. The molecule has 7 nitrogen and oxygen atoms in total. The van der Waals surface area contributed by atoms with Crippen LogP contribution < -0.4 is 19.5 Å². The Hall–Kier alpha value is -2.98. The van der Waals surface area contributed by atoms with Gasteiger partial charge in [-0.15, -0.1) is 8.78 Å². The molecule has 0 fully saturated rings. The van der Waals surface area contributed by atoms with Crippen molar-refractivity contribution in [1.82, 2.24) is 4.72 Å². The third-order valence-electron chi connectivity index (χ3n) is 3.64. The molecule has 0 atom stereocenters. The largest absolute Gasteiger partial charge is 0.586 e. The first kappa shape index (κ1) is 19.8. The highest BCUT2D eigenvalue weighted by molar-refractivity contribution is 7.92. The summed E-state index contributed by atoms with van der Waals surface area (Å²) in [7, 11) is -3.84. The topological polar surface area (TPSA) is 93.7 Å². The SMILES string of the molecule is Cc1ccc(/C=C/S(=O)(=O)NCC(=O)Nc2ccc3c(c2)OC(F)(F)O3)cc1. The zero-order chi connectivity index (χ0) is 20.4. The molecule has 0 aromatic heterocycles. The molecule has 1 heterocycles. The van der Waals surface area contributed by atoms with E-state index in [-0.39, 0.29) is 17.2 Å². The molecule has 3 rings (SSSR count). The van der Waals surface area contributed by atoms with E-state index in [2.05, 4.69) is 19.5 Å². The Labute approximate surface area is 160 Å². The third kappa shape index (κ3) is 5.27. The van der Waals surface area contributed by atoms with E-state index < -0.39 is 28.8 Å². The third-order valence-corrected chi connectivity index (χ3v) is 4.68. The summed E-state index contributed by atoms with van der Waals surface area (Å²) in [4.78, 5) is 11.9.